The number of aryl methyl sites for hydroxylation is 1. The SMILES string of the molecule is CCOC[C@@]1(CN)[C@H](S(=O)(=O)c2ccc(C)cc2)[C@@H]1c1ccc(OC)cc1. The van der Waals surface area contributed by atoms with E-state index < -0.39 is 20.5 Å². The molecule has 5 nitrogen and oxygen atoms in total. The van der Waals surface area contributed by atoms with Crippen molar-refractivity contribution in [1.82, 2.24) is 0 Å². The lowest BCUT2D eigenvalue weighted by Gasteiger charge is -2.16. The zero-order valence-corrected chi connectivity index (χ0v) is 16.8. The maximum Gasteiger partial charge on any atom is 0.182 e. The summed E-state index contributed by atoms with van der Waals surface area (Å²) in [4.78, 5) is 0.337. The number of hydrogen-bond donors (Lipinski definition) is 1. The van der Waals surface area contributed by atoms with Crippen molar-refractivity contribution in [2.24, 2.45) is 11.1 Å². The van der Waals surface area contributed by atoms with Crippen LogP contribution in [0.2, 0.25) is 0 Å². The van der Waals surface area contributed by atoms with Crippen molar-refractivity contribution in [3.05, 3.63) is 59.7 Å². The maximum absolute atomic E-state index is 13.4. The highest BCUT2D eigenvalue weighted by Crippen LogP contribution is 2.63. The van der Waals surface area contributed by atoms with Gasteiger partial charge < -0.3 is 15.2 Å². The summed E-state index contributed by atoms with van der Waals surface area (Å²) >= 11 is 0. The van der Waals surface area contributed by atoms with E-state index in [1.165, 1.54) is 0 Å². The zero-order chi connectivity index (χ0) is 19.7. The van der Waals surface area contributed by atoms with Crippen molar-refractivity contribution in [2.75, 3.05) is 26.9 Å². The molecule has 0 spiro atoms. The molecule has 2 aromatic carbocycles. The molecule has 0 heterocycles. The maximum atomic E-state index is 13.4. The second-order valence-corrected chi connectivity index (χ2v) is 9.17. The molecule has 146 valence electrons. The van der Waals surface area contributed by atoms with Gasteiger partial charge >= 0.3 is 0 Å². The first-order chi connectivity index (χ1) is 12.9. The van der Waals surface area contributed by atoms with E-state index in [2.05, 4.69) is 0 Å². The second-order valence-electron chi connectivity index (χ2n) is 7.10. The lowest BCUT2D eigenvalue weighted by atomic mass is 10.00. The van der Waals surface area contributed by atoms with Crippen molar-refractivity contribution < 1.29 is 17.9 Å². The van der Waals surface area contributed by atoms with Gasteiger partial charge in [-0.1, -0.05) is 29.8 Å². The molecule has 0 bridgehead atoms. The number of ether oxygens (including phenoxy) is 2. The predicted octanol–water partition coefficient (Wildman–Crippen LogP) is 2.92. The van der Waals surface area contributed by atoms with Crippen molar-refractivity contribution in [3.8, 4) is 5.75 Å². The Kier molecular flexibility index (Phi) is 5.60. The third-order valence-electron chi connectivity index (χ3n) is 5.49. The molecule has 1 aliphatic carbocycles. The Bertz CT molecular complexity index is 877. The number of sulfone groups is 1. The van der Waals surface area contributed by atoms with Crippen LogP contribution in [0.4, 0.5) is 0 Å². The van der Waals surface area contributed by atoms with Crippen molar-refractivity contribution in [1.29, 1.82) is 0 Å². The Morgan fingerprint density at radius 2 is 1.70 bits per heavy atom. The molecule has 0 saturated heterocycles. The van der Waals surface area contributed by atoms with Gasteiger partial charge in [-0.2, -0.15) is 0 Å². The number of methoxy groups -OCH3 is 1. The molecule has 1 saturated carbocycles. The largest absolute Gasteiger partial charge is 0.497 e. The Balaban J connectivity index is 2.02. The van der Waals surface area contributed by atoms with Gasteiger partial charge in [0.25, 0.3) is 0 Å². The molecule has 1 aliphatic rings. The standard InChI is InChI=1S/C21H27NO4S/c1-4-26-14-21(13-22)19(16-7-9-17(25-3)10-8-16)20(21)27(23,24)18-11-5-15(2)6-12-18/h5-12,19-20H,4,13-14,22H2,1-3H3/t19-,20+,21+/m0/s1. The predicted molar refractivity (Wildman–Crippen MR) is 106 cm³/mol. The molecular weight excluding hydrogens is 362 g/mol. The fraction of sp³-hybridized carbons (Fsp3) is 0.429. The molecule has 0 aromatic heterocycles. The average molecular weight is 390 g/mol. The molecule has 0 unspecified atom stereocenters. The highest BCUT2D eigenvalue weighted by Gasteiger charge is 2.70. The van der Waals surface area contributed by atoms with Crippen LogP contribution in [0.3, 0.4) is 0 Å². The van der Waals surface area contributed by atoms with E-state index in [0.29, 0.717) is 18.1 Å². The van der Waals surface area contributed by atoms with E-state index in [1.807, 2.05) is 50.2 Å². The van der Waals surface area contributed by atoms with E-state index in [9.17, 15) is 8.42 Å². The first-order valence-electron chi connectivity index (χ1n) is 9.13. The molecular formula is C21H27NO4S. The molecule has 0 aliphatic heterocycles. The number of hydrogen-bond acceptors (Lipinski definition) is 5. The quantitative estimate of drug-likeness (QED) is 0.751. The lowest BCUT2D eigenvalue weighted by molar-refractivity contribution is 0.101. The van der Waals surface area contributed by atoms with Crippen LogP contribution >= 0.6 is 0 Å². The smallest absolute Gasteiger partial charge is 0.182 e. The number of nitrogens with two attached hydrogens (primary N) is 1. The van der Waals surface area contributed by atoms with Gasteiger partial charge in [0, 0.05) is 24.5 Å². The summed E-state index contributed by atoms with van der Waals surface area (Å²) in [6.45, 7) is 4.94. The summed E-state index contributed by atoms with van der Waals surface area (Å²) in [5.74, 6) is 0.534. The van der Waals surface area contributed by atoms with Gasteiger partial charge in [0.15, 0.2) is 9.84 Å². The highest BCUT2D eigenvalue weighted by atomic mass is 32.2. The van der Waals surface area contributed by atoms with Crippen LogP contribution < -0.4 is 10.5 Å². The summed E-state index contributed by atoms with van der Waals surface area (Å²) in [6, 6.07) is 14.5. The van der Waals surface area contributed by atoms with Crippen LogP contribution in [0.15, 0.2) is 53.4 Å². The van der Waals surface area contributed by atoms with Gasteiger partial charge in [0.1, 0.15) is 5.75 Å². The topological polar surface area (TPSA) is 78.6 Å². The number of rotatable bonds is 8. The fourth-order valence-corrected chi connectivity index (χ4v) is 6.35. The highest BCUT2D eigenvalue weighted by molar-refractivity contribution is 7.92. The van der Waals surface area contributed by atoms with Gasteiger partial charge in [-0.3, -0.25) is 0 Å². The summed E-state index contributed by atoms with van der Waals surface area (Å²) < 4.78 is 37.7. The van der Waals surface area contributed by atoms with Gasteiger partial charge in [0.2, 0.25) is 0 Å². The Morgan fingerprint density at radius 1 is 1.07 bits per heavy atom. The molecule has 1 fully saturated rings. The van der Waals surface area contributed by atoms with Crippen molar-refractivity contribution in [2.45, 2.75) is 29.9 Å². The van der Waals surface area contributed by atoms with Crippen LogP contribution in [0.25, 0.3) is 0 Å². The Hall–Kier alpha value is -1.89. The average Bonchev–Trinajstić information content (AvgIpc) is 3.37. The lowest BCUT2D eigenvalue weighted by Crippen LogP contribution is -2.29. The molecule has 3 rings (SSSR count). The van der Waals surface area contributed by atoms with Gasteiger partial charge in [-0.15, -0.1) is 0 Å². The fourth-order valence-electron chi connectivity index (χ4n) is 3.90. The minimum Gasteiger partial charge on any atom is -0.497 e. The van der Waals surface area contributed by atoms with E-state index in [1.54, 1.807) is 19.2 Å². The Morgan fingerprint density at radius 3 is 2.22 bits per heavy atom. The first kappa shape index (κ1) is 19.9. The van der Waals surface area contributed by atoms with Crippen molar-refractivity contribution in [3.63, 3.8) is 0 Å². The normalized spacial score (nSPS) is 24.6. The van der Waals surface area contributed by atoms with Crippen LogP contribution in [-0.4, -0.2) is 40.5 Å². The van der Waals surface area contributed by atoms with Crippen LogP contribution in [0.5, 0.6) is 5.75 Å². The zero-order valence-electron chi connectivity index (χ0n) is 16.0. The molecule has 27 heavy (non-hydrogen) atoms. The van der Waals surface area contributed by atoms with Gasteiger partial charge in [-0.25, -0.2) is 8.42 Å². The third-order valence-corrected chi connectivity index (χ3v) is 7.83. The minimum absolute atomic E-state index is 0.203. The first-order valence-corrected chi connectivity index (χ1v) is 10.7. The molecule has 2 aromatic rings. The molecule has 0 amide bonds. The van der Waals surface area contributed by atoms with E-state index in [4.69, 9.17) is 15.2 Å². The summed E-state index contributed by atoms with van der Waals surface area (Å²) in [7, 11) is -1.93. The van der Waals surface area contributed by atoms with Crippen LogP contribution in [-0.2, 0) is 14.6 Å². The van der Waals surface area contributed by atoms with Crippen molar-refractivity contribution >= 4 is 9.84 Å². The monoisotopic (exact) mass is 389 g/mol. The second kappa shape index (κ2) is 7.62. The summed E-state index contributed by atoms with van der Waals surface area (Å²) in [5.41, 5.74) is 7.47. The number of benzene rings is 2. The van der Waals surface area contributed by atoms with E-state index in [0.717, 1.165) is 16.9 Å². The molecule has 2 N–H and O–H groups in total. The third kappa shape index (κ3) is 3.49. The summed E-state index contributed by atoms with van der Waals surface area (Å²) in [5, 5.41) is -0.599. The van der Waals surface area contributed by atoms with E-state index >= 15 is 0 Å². The molecule has 0 radical (unpaired) electrons. The molecule has 3 atom stereocenters. The van der Waals surface area contributed by atoms with E-state index in [-0.39, 0.29) is 12.5 Å². The van der Waals surface area contributed by atoms with Gasteiger partial charge in [-0.05, 0) is 43.7 Å². The molecule has 6 heteroatoms. The van der Waals surface area contributed by atoms with Gasteiger partial charge in [0.05, 0.1) is 23.9 Å². The minimum atomic E-state index is -3.54. The van der Waals surface area contributed by atoms with Crippen LogP contribution in [0, 0.1) is 12.3 Å². The van der Waals surface area contributed by atoms with Crippen LogP contribution in [0.1, 0.15) is 24.0 Å². The Labute approximate surface area is 161 Å². The summed E-state index contributed by atoms with van der Waals surface area (Å²) in [6.07, 6.45) is 0.